The van der Waals surface area contributed by atoms with E-state index in [0.717, 1.165) is 59.9 Å². The molecule has 0 radical (unpaired) electrons. The van der Waals surface area contributed by atoms with Crippen molar-refractivity contribution in [1.29, 1.82) is 0 Å². The Kier molecular flexibility index (Phi) is 6.01. The van der Waals surface area contributed by atoms with Gasteiger partial charge in [-0.2, -0.15) is 0 Å². The van der Waals surface area contributed by atoms with Crippen molar-refractivity contribution < 1.29 is 19.7 Å². The van der Waals surface area contributed by atoms with Crippen molar-refractivity contribution in [2.75, 3.05) is 0 Å². The monoisotopic (exact) mass is 621 g/mol. The second kappa shape index (κ2) is 9.03. The van der Waals surface area contributed by atoms with E-state index in [1.54, 1.807) is 0 Å². The molecule has 1 unspecified atom stereocenters. The number of ketones is 1. The smallest absolute Gasteiger partial charge is 0.192 e. The number of aromatic nitrogens is 1. The second-order valence-corrected chi connectivity index (χ2v) is 17.5. The average Bonchev–Trinajstić information content (AvgIpc) is 3.62. The fourth-order valence-electron chi connectivity index (χ4n) is 12.3. The van der Waals surface area contributed by atoms with Crippen molar-refractivity contribution in [3.05, 3.63) is 77.0 Å². The van der Waals surface area contributed by atoms with Crippen molar-refractivity contribution in [2.24, 2.45) is 28.1 Å². The number of aliphatic hydroxyl groups excluding tert-OH is 2. The van der Waals surface area contributed by atoms with E-state index in [2.05, 4.69) is 84.4 Å². The van der Waals surface area contributed by atoms with Crippen LogP contribution in [0.25, 0.3) is 16.5 Å². The summed E-state index contributed by atoms with van der Waals surface area (Å²) in [5, 5.41) is 24.7. The summed E-state index contributed by atoms with van der Waals surface area (Å²) < 4.78 is 8.87. The molecule has 6 aliphatic rings. The summed E-state index contributed by atoms with van der Waals surface area (Å²) in [5.41, 5.74) is 6.73. The summed E-state index contributed by atoms with van der Waals surface area (Å²) in [6.45, 7) is 25.8. The molecule has 9 atom stereocenters. The van der Waals surface area contributed by atoms with Gasteiger partial charge in [-0.15, -0.1) is 0 Å². The molecule has 244 valence electrons. The molecule has 5 nitrogen and oxygen atoms in total. The number of nitrogens with zero attached hydrogens (tertiary/aromatic N) is 1. The third-order valence-corrected chi connectivity index (χ3v) is 14.2. The highest BCUT2D eigenvalue weighted by Crippen LogP contribution is 2.73. The molecule has 2 aromatic rings. The number of benzene rings is 1. The molecule has 8 rings (SSSR count). The molecule has 0 spiro atoms. The molecule has 4 aliphatic carbocycles. The lowest BCUT2D eigenvalue weighted by Gasteiger charge is -2.64. The van der Waals surface area contributed by atoms with Crippen LogP contribution >= 0.6 is 0 Å². The van der Waals surface area contributed by atoms with Crippen LogP contribution < -0.4 is 0 Å². The number of rotatable bonds is 3. The van der Waals surface area contributed by atoms with Crippen LogP contribution in [-0.4, -0.2) is 37.9 Å². The summed E-state index contributed by atoms with van der Waals surface area (Å²) >= 11 is 0. The van der Waals surface area contributed by atoms with E-state index in [4.69, 9.17) is 4.74 Å². The minimum Gasteiger partial charge on any atom is -0.392 e. The summed E-state index contributed by atoms with van der Waals surface area (Å²) in [6, 6.07) is 1.88. The van der Waals surface area contributed by atoms with Crippen molar-refractivity contribution in [2.45, 2.75) is 123 Å². The van der Waals surface area contributed by atoms with E-state index in [1.165, 1.54) is 16.6 Å². The zero-order valence-corrected chi connectivity index (χ0v) is 29.0. The maximum Gasteiger partial charge on any atom is 0.192 e. The normalized spacial score (nSPS) is 41.2. The Morgan fingerprint density at radius 1 is 1.04 bits per heavy atom. The first-order valence-electron chi connectivity index (χ1n) is 17.5. The number of allylic oxidation sites excluding steroid dienone is 3. The third kappa shape index (κ3) is 3.40. The number of carbonyl (C=O) groups is 1. The van der Waals surface area contributed by atoms with E-state index in [-0.39, 0.29) is 34.1 Å². The van der Waals surface area contributed by atoms with Crippen molar-refractivity contribution in [1.82, 2.24) is 4.57 Å². The van der Waals surface area contributed by atoms with Gasteiger partial charge in [-0.05, 0) is 118 Å². The Labute approximate surface area is 274 Å². The van der Waals surface area contributed by atoms with Gasteiger partial charge in [-0.3, -0.25) is 4.79 Å². The van der Waals surface area contributed by atoms with Gasteiger partial charge in [0.15, 0.2) is 5.78 Å². The van der Waals surface area contributed by atoms with Gasteiger partial charge in [0.25, 0.3) is 0 Å². The van der Waals surface area contributed by atoms with Crippen LogP contribution in [0.15, 0.2) is 49.1 Å². The molecule has 1 aromatic carbocycles. The van der Waals surface area contributed by atoms with Crippen molar-refractivity contribution in [3.8, 4) is 0 Å². The minimum absolute atomic E-state index is 0.000492. The maximum absolute atomic E-state index is 14.6. The number of Topliss-reactive ketones (excluding diaryl/α,β-unsaturated/α-hetero) is 1. The van der Waals surface area contributed by atoms with Gasteiger partial charge < -0.3 is 19.5 Å². The lowest BCUT2D eigenvalue weighted by molar-refractivity contribution is -0.160. The van der Waals surface area contributed by atoms with E-state index in [1.807, 2.05) is 19.1 Å². The molecule has 2 saturated carbocycles. The summed E-state index contributed by atoms with van der Waals surface area (Å²) in [5.74, 6) is 0.502. The van der Waals surface area contributed by atoms with Gasteiger partial charge >= 0.3 is 0 Å². The molecule has 0 amide bonds. The Bertz CT molecular complexity index is 1840. The van der Waals surface area contributed by atoms with Crippen LogP contribution in [0, 0.1) is 28.1 Å². The maximum atomic E-state index is 14.6. The Morgan fingerprint density at radius 3 is 2.43 bits per heavy atom. The highest BCUT2D eigenvalue weighted by atomic mass is 16.5. The zero-order valence-electron chi connectivity index (χ0n) is 29.0. The van der Waals surface area contributed by atoms with E-state index < -0.39 is 23.3 Å². The fourth-order valence-corrected chi connectivity index (χ4v) is 12.3. The number of fused-ring (bicyclic) bond motifs is 11. The van der Waals surface area contributed by atoms with Crippen LogP contribution in [-0.2, 0) is 11.2 Å². The molecular weight excluding hydrogens is 570 g/mol. The average molecular weight is 622 g/mol. The van der Waals surface area contributed by atoms with Gasteiger partial charge in [0.1, 0.15) is 6.04 Å². The summed E-state index contributed by atoms with van der Waals surface area (Å²) in [4.78, 5) is 14.6. The molecule has 2 aliphatic heterocycles. The Hall–Kier alpha value is -2.73. The van der Waals surface area contributed by atoms with Crippen molar-refractivity contribution >= 4 is 22.3 Å². The van der Waals surface area contributed by atoms with Gasteiger partial charge in [-0.1, -0.05) is 57.7 Å². The molecule has 0 saturated heterocycles. The first-order valence-corrected chi connectivity index (χ1v) is 17.5. The number of hydrogen-bond acceptors (Lipinski definition) is 4. The zero-order chi connectivity index (χ0) is 33.1. The topological polar surface area (TPSA) is 71.7 Å². The molecule has 2 fully saturated rings. The number of hydrogen-bond donors (Lipinski definition) is 2. The minimum atomic E-state index is -0.813. The highest BCUT2D eigenvalue weighted by Gasteiger charge is 2.66. The molecule has 5 heteroatoms. The molecule has 1 aromatic heterocycles. The second-order valence-electron chi connectivity index (χ2n) is 17.5. The fraction of sp³-hybridized carbons (Fsp3) is 0.585. The van der Waals surface area contributed by atoms with E-state index in [0.29, 0.717) is 17.4 Å². The van der Waals surface area contributed by atoms with Gasteiger partial charge in [0.2, 0.25) is 0 Å². The van der Waals surface area contributed by atoms with Crippen LogP contribution in [0.5, 0.6) is 0 Å². The number of carbonyl (C=O) groups excluding carboxylic acids is 1. The SMILES string of the molecule is C=C/C=C/[C@@]1(C)C2CC[C@H]3c4c(n5c6c(c7c(cc46)C4=CC(C)(C)OC(C)(C)[C@H]4[C@@H]7O)C(=O)[C@@H]5C(=C)C)C[C@]3(C)[C@@]2(C)CC[C@@H]1O. The molecule has 2 N–H and O–H groups in total. The Balaban J connectivity index is 1.37. The van der Waals surface area contributed by atoms with E-state index in [9.17, 15) is 15.0 Å². The summed E-state index contributed by atoms with van der Waals surface area (Å²) in [6.07, 6.45) is 11.8. The first kappa shape index (κ1) is 30.6. The van der Waals surface area contributed by atoms with Gasteiger partial charge in [0.05, 0.1) is 34.5 Å². The lowest BCUT2D eigenvalue weighted by atomic mass is 9.40. The predicted molar refractivity (Wildman–Crippen MR) is 184 cm³/mol. The summed E-state index contributed by atoms with van der Waals surface area (Å²) in [7, 11) is 0. The third-order valence-electron chi connectivity index (χ3n) is 14.2. The predicted octanol–water partition coefficient (Wildman–Crippen LogP) is 8.55. The first-order chi connectivity index (χ1) is 21.4. The van der Waals surface area contributed by atoms with Crippen LogP contribution in [0.3, 0.4) is 0 Å². The van der Waals surface area contributed by atoms with Crippen LogP contribution in [0.2, 0.25) is 0 Å². The molecule has 3 heterocycles. The highest BCUT2D eigenvalue weighted by molar-refractivity contribution is 6.18. The van der Waals surface area contributed by atoms with Crippen molar-refractivity contribution in [3.63, 3.8) is 0 Å². The molecule has 46 heavy (non-hydrogen) atoms. The molecular formula is C41H51NO4. The lowest BCUT2D eigenvalue weighted by Crippen LogP contribution is -2.59. The van der Waals surface area contributed by atoms with Gasteiger partial charge in [-0.25, -0.2) is 0 Å². The Morgan fingerprint density at radius 2 is 1.76 bits per heavy atom. The van der Waals surface area contributed by atoms with Crippen LogP contribution in [0.1, 0.15) is 132 Å². The number of aliphatic hydroxyl groups is 2. The van der Waals surface area contributed by atoms with Crippen LogP contribution in [0.4, 0.5) is 0 Å². The van der Waals surface area contributed by atoms with E-state index >= 15 is 0 Å². The standard InChI is InChI=1S/C41H51NO4/c1-11-12-16-39(8)27-14-13-25-29-23-18-22-24-19-37(4,5)46-38(6,7)32(24)35(44)30(22)31-34(23)42(33(21(2)3)36(31)45)26(29)20-41(25,10)40(27,9)17-15-28(39)43/h11-12,16,18-19,25,27-28,32-33,35,43-44H,1-2,13-15,17,20H2,3-10H3/b16-12+/t25-,27?,28-,32+,33-,35+,39-,40-,41-/m0/s1. The largest absolute Gasteiger partial charge is 0.392 e. The quantitative estimate of drug-likeness (QED) is 0.266. The molecule has 0 bridgehead atoms. The number of ether oxygens (including phenoxy) is 1. The van der Waals surface area contributed by atoms with Gasteiger partial charge in [0, 0.05) is 28.0 Å².